The van der Waals surface area contributed by atoms with Gasteiger partial charge >= 0.3 is 0 Å². The van der Waals surface area contributed by atoms with E-state index in [-0.39, 0.29) is 0 Å². The first kappa shape index (κ1) is 15.3. The number of rotatable bonds is 8. The normalized spacial score (nSPS) is 15.1. The molecule has 16 heavy (non-hydrogen) atoms. The molecule has 0 aromatic heterocycles. The fourth-order valence-electron chi connectivity index (χ4n) is 2.04. The van der Waals surface area contributed by atoms with Crippen molar-refractivity contribution in [3.8, 4) is 0 Å². The van der Waals surface area contributed by atoms with Gasteiger partial charge in [-0.15, -0.1) is 0 Å². The summed E-state index contributed by atoms with van der Waals surface area (Å²) in [6, 6.07) is 0. The van der Waals surface area contributed by atoms with Gasteiger partial charge in [-0.05, 0) is 19.3 Å². The van der Waals surface area contributed by atoms with Crippen molar-refractivity contribution in [3.05, 3.63) is 30.2 Å². The zero-order valence-corrected chi connectivity index (χ0v) is 11.8. The highest BCUT2D eigenvalue weighted by Gasteiger charge is 2.26. The molecule has 0 aromatic rings. The Bertz CT molecular complexity index is 210. The van der Waals surface area contributed by atoms with E-state index in [0.29, 0.717) is 5.92 Å². The maximum absolute atomic E-state index is 4.02. The molecule has 0 nitrogen and oxygen atoms in total. The smallest absolute Gasteiger partial charge is 0.0959 e. The van der Waals surface area contributed by atoms with E-state index in [1.165, 1.54) is 24.8 Å². The van der Waals surface area contributed by atoms with Gasteiger partial charge in [-0.1, -0.05) is 51.5 Å². The summed E-state index contributed by atoms with van der Waals surface area (Å²) in [4.78, 5) is 0. The van der Waals surface area contributed by atoms with E-state index in [1.807, 2.05) is 0 Å². The summed E-state index contributed by atoms with van der Waals surface area (Å²) in [5.74, 6) is 2.94. The second-order valence-corrected chi connectivity index (χ2v) is 5.06. The Morgan fingerprint density at radius 1 is 1.31 bits per heavy atom. The third kappa shape index (κ3) is 6.05. The molecule has 0 aliphatic rings. The third-order valence-corrected chi connectivity index (χ3v) is 3.33. The fourth-order valence-corrected chi connectivity index (χ4v) is 2.04. The van der Waals surface area contributed by atoms with Gasteiger partial charge in [0.2, 0.25) is 0 Å². The van der Waals surface area contributed by atoms with Crippen LogP contribution < -0.4 is 0 Å². The highest BCUT2D eigenvalue weighted by Crippen LogP contribution is 2.29. The minimum atomic E-state index is 0.639. The van der Waals surface area contributed by atoms with Crippen molar-refractivity contribution < 1.29 is 0 Å². The lowest BCUT2D eigenvalue weighted by Gasteiger charge is -2.17. The van der Waals surface area contributed by atoms with Gasteiger partial charge in [0.25, 0.3) is 0 Å². The van der Waals surface area contributed by atoms with Crippen LogP contribution in [-0.4, -0.2) is 0 Å². The second kappa shape index (κ2) is 8.50. The van der Waals surface area contributed by atoms with E-state index in [2.05, 4.69) is 53.3 Å². The van der Waals surface area contributed by atoms with Crippen molar-refractivity contribution in [2.24, 2.45) is 11.8 Å². The first-order valence-corrected chi connectivity index (χ1v) is 6.68. The lowest BCUT2D eigenvalue weighted by molar-refractivity contribution is 0.396. The Hall–Kier alpha value is -0.650. The zero-order valence-electron chi connectivity index (χ0n) is 11.8. The highest BCUT2D eigenvalue weighted by molar-refractivity contribution is 5.15. The fraction of sp³-hybridized carbons (Fsp3) is 0.688. The van der Waals surface area contributed by atoms with Crippen LogP contribution >= 0.6 is 0 Å². The molecular formula is C16H29+. The molecule has 0 saturated carbocycles. The Labute approximate surface area is 103 Å². The molecule has 0 N–H and O–H groups in total. The molecule has 0 spiro atoms. The Balaban J connectivity index is 4.31. The third-order valence-electron chi connectivity index (χ3n) is 3.33. The van der Waals surface area contributed by atoms with E-state index >= 15 is 0 Å². The number of allylic oxidation sites excluding steroid dienone is 3. The predicted octanol–water partition coefficient (Wildman–Crippen LogP) is 5.57. The van der Waals surface area contributed by atoms with Crippen LogP contribution in [0, 0.1) is 17.8 Å². The Morgan fingerprint density at radius 2 is 1.94 bits per heavy atom. The molecule has 2 unspecified atom stereocenters. The van der Waals surface area contributed by atoms with Crippen molar-refractivity contribution in [2.45, 2.75) is 60.3 Å². The number of hydrogen-bond donors (Lipinski definition) is 0. The number of hydrogen-bond acceptors (Lipinski definition) is 0. The molecule has 0 amide bonds. The minimum absolute atomic E-state index is 0.639. The molecule has 2 atom stereocenters. The topological polar surface area (TPSA) is 0 Å². The van der Waals surface area contributed by atoms with Crippen molar-refractivity contribution in [2.75, 3.05) is 0 Å². The largest absolute Gasteiger partial charge is 0.106 e. The van der Waals surface area contributed by atoms with E-state index in [9.17, 15) is 0 Å². The van der Waals surface area contributed by atoms with E-state index in [4.69, 9.17) is 0 Å². The lowest BCUT2D eigenvalue weighted by Crippen LogP contribution is -2.15. The van der Waals surface area contributed by atoms with Gasteiger partial charge in [-0.3, -0.25) is 0 Å². The monoisotopic (exact) mass is 221 g/mol. The highest BCUT2D eigenvalue weighted by atomic mass is 14.2. The van der Waals surface area contributed by atoms with Crippen molar-refractivity contribution >= 4 is 0 Å². The van der Waals surface area contributed by atoms with Gasteiger partial charge in [0.15, 0.2) is 0 Å². The molecule has 0 heterocycles. The van der Waals surface area contributed by atoms with Crippen LogP contribution in [0.2, 0.25) is 0 Å². The summed E-state index contributed by atoms with van der Waals surface area (Å²) >= 11 is 0. The lowest BCUT2D eigenvalue weighted by atomic mass is 9.80. The predicted molar refractivity (Wildman–Crippen MR) is 75.3 cm³/mol. The molecule has 0 rings (SSSR count). The van der Waals surface area contributed by atoms with Crippen LogP contribution in [0.4, 0.5) is 0 Å². The molecule has 0 radical (unpaired) electrons. The van der Waals surface area contributed by atoms with Crippen LogP contribution in [0.15, 0.2) is 24.3 Å². The maximum Gasteiger partial charge on any atom is 0.106 e. The summed E-state index contributed by atoms with van der Waals surface area (Å²) in [5.41, 5.74) is 1.23. The molecule has 0 aromatic carbocycles. The van der Waals surface area contributed by atoms with Crippen LogP contribution in [0.25, 0.3) is 0 Å². The first-order valence-electron chi connectivity index (χ1n) is 6.68. The summed E-state index contributed by atoms with van der Waals surface area (Å²) in [5, 5.41) is 0. The molecule has 0 aliphatic heterocycles. The summed E-state index contributed by atoms with van der Waals surface area (Å²) in [6.45, 7) is 15.3. The van der Waals surface area contributed by atoms with Gasteiger partial charge in [-0.2, -0.15) is 0 Å². The Morgan fingerprint density at radius 3 is 2.38 bits per heavy atom. The second-order valence-electron chi connectivity index (χ2n) is 5.06. The van der Waals surface area contributed by atoms with Gasteiger partial charge in [-0.25, -0.2) is 0 Å². The quantitative estimate of drug-likeness (QED) is 0.371. The van der Waals surface area contributed by atoms with Crippen LogP contribution in [-0.2, 0) is 0 Å². The maximum atomic E-state index is 4.02. The van der Waals surface area contributed by atoms with Crippen molar-refractivity contribution in [3.63, 3.8) is 0 Å². The van der Waals surface area contributed by atoms with Gasteiger partial charge in [0.05, 0.1) is 19.8 Å². The van der Waals surface area contributed by atoms with Crippen LogP contribution in [0.5, 0.6) is 0 Å². The SMILES string of the molecule is C=C(/C=C\C(C)C(CCCC)[C+](C)C)CC. The number of unbranched alkanes of at least 4 members (excludes halogenated alkanes) is 1. The molecule has 0 heteroatoms. The molecule has 0 bridgehead atoms. The first-order chi connectivity index (χ1) is 7.52. The van der Waals surface area contributed by atoms with Gasteiger partial charge in [0, 0.05) is 5.92 Å². The molecule has 92 valence electrons. The van der Waals surface area contributed by atoms with E-state index in [0.717, 1.165) is 12.3 Å². The van der Waals surface area contributed by atoms with Crippen molar-refractivity contribution in [1.82, 2.24) is 0 Å². The zero-order chi connectivity index (χ0) is 12.6. The summed E-state index contributed by atoms with van der Waals surface area (Å²) in [7, 11) is 0. The Kier molecular flexibility index (Phi) is 8.15. The summed E-state index contributed by atoms with van der Waals surface area (Å²) in [6.07, 6.45) is 9.54. The molecule has 0 aliphatic carbocycles. The van der Waals surface area contributed by atoms with E-state index in [1.54, 1.807) is 5.92 Å². The van der Waals surface area contributed by atoms with E-state index < -0.39 is 0 Å². The van der Waals surface area contributed by atoms with Crippen LogP contribution in [0.1, 0.15) is 60.3 Å². The van der Waals surface area contributed by atoms with Gasteiger partial charge in [0.1, 0.15) is 5.92 Å². The van der Waals surface area contributed by atoms with Crippen molar-refractivity contribution in [1.29, 1.82) is 0 Å². The standard InChI is InChI=1S/C16H29/c1-7-9-10-16(13(3)4)15(6)12-11-14(5)8-2/h11-12,15-16H,5,7-10H2,1-4,6H3/q+1/b12-11-. The average Bonchev–Trinajstić information content (AvgIpc) is 2.25. The molecule has 0 fully saturated rings. The average molecular weight is 221 g/mol. The summed E-state index contributed by atoms with van der Waals surface area (Å²) < 4.78 is 0. The molecular weight excluding hydrogens is 192 g/mol. The van der Waals surface area contributed by atoms with Gasteiger partial charge < -0.3 is 0 Å². The molecule has 0 saturated heterocycles. The minimum Gasteiger partial charge on any atom is -0.0959 e. The van der Waals surface area contributed by atoms with Crippen LogP contribution in [0.3, 0.4) is 0 Å².